The molecule has 2 aliphatic rings. The first-order valence-corrected chi connectivity index (χ1v) is 16.6. The summed E-state index contributed by atoms with van der Waals surface area (Å²) in [6.45, 7) is 1.45. The van der Waals surface area contributed by atoms with Crippen LogP contribution in [0, 0.1) is 0 Å². The highest BCUT2D eigenvalue weighted by Gasteiger charge is 2.56. The number of benzene rings is 1. The maximum atomic E-state index is 13.1. The van der Waals surface area contributed by atoms with E-state index in [0.717, 1.165) is 28.4 Å². The van der Waals surface area contributed by atoms with Crippen LogP contribution in [0.5, 0.6) is 0 Å². The number of aromatic amines is 1. The number of tetrazole rings is 1. The quantitative estimate of drug-likeness (QED) is 0.0909. The summed E-state index contributed by atoms with van der Waals surface area (Å²) in [5.41, 5.74) is -0.349. The SMILES string of the molecule is CCOP(=O)(O)CC(Sc1nnn[nH]1)C1=C(C(=O)O)N2C(=O)[C@@H](NC(=O)C(c3ccccc3)S(=O)(=O)O)[C@@H]2SC1. The number of carboxylic acids is 1. The molecule has 3 heterocycles. The molecule has 1 saturated heterocycles. The van der Waals surface area contributed by atoms with Gasteiger partial charge in [0.15, 0.2) is 5.25 Å². The first-order chi connectivity index (χ1) is 18.8. The fourth-order valence-electron chi connectivity index (χ4n) is 4.22. The van der Waals surface area contributed by atoms with E-state index in [0.29, 0.717) is 0 Å². The Morgan fingerprint density at radius 1 is 1.35 bits per heavy atom. The van der Waals surface area contributed by atoms with Gasteiger partial charge >= 0.3 is 13.6 Å². The fraction of sp³-hybridized carbons (Fsp3) is 0.400. The van der Waals surface area contributed by atoms with Crippen molar-refractivity contribution in [2.75, 3.05) is 18.5 Å². The topological polar surface area (TPSA) is 242 Å². The van der Waals surface area contributed by atoms with Crippen molar-refractivity contribution in [2.24, 2.45) is 0 Å². The predicted molar refractivity (Wildman–Crippen MR) is 141 cm³/mol. The largest absolute Gasteiger partial charge is 0.477 e. The number of carbonyl (C=O) groups is 3. The number of aliphatic carboxylic acids is 1. The van der Waals surface area contributed by atoms with Crippen molar-refractivity contribution in [1.29, 1.82) is 0 Å². The van der Waals surface area contributed by atoms with Crippen molar-refractivity contribution in [3.05, 3.63) is 47.2 Å². The Labute approximate surface area is 235 Å². The average molecular weight is 635 g/mol. The van der Waals surface area contributed by atoms with Crippen LogP contribution in [0.25, 0.3) is 0 Å². The van der Waals surface area contributed by atoms with E-state index < -0.39 is 69.3 Å². The van der Waals surface area contributed by atoms with Crippen LogP contribution in [0.3, 0.4) is 0 Å². The molecule has 1 aromatic heterocycles. The Hall–Kier alpha value is -2.80. The van der Waals surface area contributed by atoms with Crippen LogP contribution in [0.1, 0.15) is 17.7 Å². The third-order valence-electron chi connectivity index (χ3n) is 5.83. The van der Waals surface area contributed by atoms with E-state index in [4.69, 9.17) is 4.52 Å². The number of nitrogens with one attached hydrogen (secondary N) is 2. The molecule has 2 aromatic rings. The molecule has 0 bridgehead atoms. The van der Waals surface area contributed by atoms with Crippen molar-refractivity contribution in [3.8, 4) is 0 Å². The fourth-order valence-corrected chi connectivity index (χ4v) is 9.39. The normalized spacial score (nSPS) is 22.1. The van der Waals surface area contributed by atoms with Gasteiger partial charge in [-0.2, -0.15) is 8.42 Å². The van der Waals surface area contributed by atoms with Crippen molar-refractivity contribution in [2.45, 2.75) is 34.0 Å². The summed E-state index contributed by atoms with van der Waals surface area (Å²) in [7, 11) is -9.11. The maximum Gasteiger partial charge on any atom is 0.352 e. The number of amides is 2. The monoisotopic (exact) mass is 634 g/mol. The number of carbonyl (C=O) groups excluding carboxylic acids is 2. The van der Waals surface area contributed by atoms with Crippen LogP contribution in [-0.2, 0) is 33.6 Å². The van der Waals surface area contributed by atoms with Crippen LogP contribution in [0.2, 0.25) is 0 Å². The third-order valence-corrected chi connectivity index (χ3v) is 11.1. The van der Waals surface area contributed by atoms with E-state index >= 15 is 0 Å². The van der Waals surface area contributed by atoms with Gasteiger partial charge in [0.05, 0.1) is 12.8 Å². The molecule has 0 saturated carbocycles. The zero-order valence-corrected chi connectivity index (χ0v) is 23.8. The van der Waals surface area contributed by atoms with E-state index in [1.54, 1.807) is 6.07 Å². The third kappa shape index (κ3) is 6.40. The average Bonchev–Trinajstić information content (AvgIpc) is 3.38. The Balaban J connectivity index is 1.62. The lowest BCUT2D eigenvalue weighted by Crippen LogP contribution is -2.71. The molecule has 1 aromatic carbocycles. The van der Waals surface area contributed by atoms with Crippen molar-refractivity contribution in [3.63, 3.8) is 0 Å². The Bertz CT molecular complexity index is 1470. The Morgan fingerprint density at radius 2 is 2.05 bits per heavy atom. The van der Waals surface area contributed by atoms with E-state index in [1.165, 1.54) is 31.2 Å². The minimum absolute atomic E-state index is 0.0275. The second kappa shape index (κ2) is 12.0. The van der Waals surface area contributed by atoms with Crippen LogP contribution < -0.4 is 5.32 Å². The van der Waals surface area contributed by atoms with E-state index in [9.17, 15) is 41.9 Å². The van der Waals surface area contributed by atoms with Gasteiger partial charge in [-0.05, 0) is 28.5 Å². The van der Waals surface area contributed by atoms with Crippen molar-refractivity contribution in [1.82, 2.24) is 30.8 Å². The highest BCUT2D eigenvalue weighted by atomic mass is 32.2. The number of nitrogens with zero attached hydrogens (tertiary/aromatic N) is 4. The van der Waals surface area contributed by atoms with Gasteiger partial charge in [-0.1, -0.05) is 42.1 Å². The van der Waals surface area contributed by atoms with Gasteiger partial charge in [-0.15, -0.1) is 16.9 Å². The lowest BCUT2D eigenvalue weighted by molar-refractivity contribution is -0.150. The van der Waals surface area contributed by atoms with Crippen molar-refractivity contribution >= 4 is 59.0 Å². The lowest BCUT2D eigenvalue weighted by atomic mass is 10.0. The molecule has 0 radical (unpaired) electrons. The van der Waals surface area contributed by atoms with Gasteiger partial charge in [0.1, 0.15) is 17.1 Å². The molecule has 4 rings (SSSR count). The summed E-state index contributed by atoms with van der Waals surface area (Å²) < 4.78 is 51.3. The standard InChI is InChI=1S/C20H23N6O10PS3/c1-2-36-37(31,32)8-12(39-20-22-24-25-23-20)11-9-38-18-13(17(28)26(18)14(11)19(29)30)21-16(27)15(40(33,34)35)10-6-4-3-5-7-10/h3-7,12-13,15,18H,2,8-9H2,1H3,(H,21,27)(H,29,30)(H,31,32)(H,33,34,35)(H,22,23,24,25)/t12?,13-,15?,18+/m1/s1. The number of hydrogen-bond acceptors (Lipinski definition) is 12. The number of aromatic nitrogens is 4. The molecule has 5 atom stereocenters. The molecular weight excluding hydrogens is 611 g/mol. The number of H-pyrrole nitrogens is 1. The Morgan fingerprint density at radius 3 is 2.62 bits per heavy atom. The highest BCUT2D eigenvalue weighted by molar-refractivity contribution is 8.01. The summed E-state index contributed by atoms with van der Waals surface area (Å²) in [6, 6.07) is 5.88. The van der Waals surface area contributed by atoms with Crippen LogP contribution >= 0.6 is 31.1 Å². The summed E-state index contributed by atoms with van der Waals surface area (Å²) in [4.78, 5) is 49.7. The second-order valence-corrected chi connectivity index (χ2v) is 14.1. The van der Waals surface area contributed by atoms with Gasteiger partial charge in [0.25, 0.3) is 16.0 Å². The number of carboxylic acid groups (broad SMARTS) is 1. The van der Waals surface area contributed by atoms with Gasteiger partial charge in [0.2, 0.25) is 11.1 Å². The number of thioether (sulfide) groups is 2. The molecule has 20 heteroatoms. The predicted octanol–water partition coefficient (Wildman–Crippen LogP) is 0.250. The van der Waals surface area contributed by atoms with Gasteiger partial charge in [-0.25, -0.2) is 9.89 Å². The summed E-state index contributed by atoms with van der Waals surface area (Å²) in [5.74, 6) is -3.54. The zero-order chi connectivity index (χ0) is 29.2. The molecule has 1 fully saturated rings. The van der Waals surface area contributed by atoms with E-state index in [2.05, 4.69) is 25.9 Å². The summed E-state index contributed by atoms with van der Waals surface area (Å²) >= 11 is 1.94. The van der Waals surface area contributed by atoms with Gasteiger partial charge in [0, 0.05) is 11.0 Å². The van der Waals surface area contributed by atoms with Gasteiger partial charge in [-0.3, -0.25) is 23.6 Å². The molecule has 5 N–H and O–H groups in total. The van der Waals surface area contributed by atoms with Crippen LogP contribution in [0.15, 0.2) is 46.8 Å². The van der Waals surface area contributed by atoms with Crippen molar-refractivity contribution < 1.29 is 46.4 Å². The number of fused-ring (bicyclic) bond motifs is 1. The molecule has 216 valence electrons. The molecule has 2 aliphatic heterocycles. The number of β-lactam (4-membered cyclic amide) rings is 1. The molecule has 2 amide bonds. The minimum atomic E-state index is -4.92. The van der Waals surface area contributed by atoms with E-state index in [-0.39, 0.29) is 28.7 Å². The summed E-state index contributed by atoms with van der Waals surface area (Å²) in [6.07, 6.45) is -0.515. The maximum absolute atomic E-state index is 13.1. The Kier molecular flexibility index (Phi) is 9.03. The zero-order valence-electron chi connectivity index (χ0n) is 20.5. The first-order valence-electron chi connectivity index (χ1n) is 11.4. The molecule has 40 heavy (non-hydrogen) atoms. The smallest absolute Gasteiger partial charge is 0.352 e. The molecule has 0 aliphatic carbocycles. The number of hydrogen-bond donors (Lipinski definition) is 5. The van der Waals surface area contributed by atoms with Crippen LogP contribution in [-0.4, -0.2) is 101 Å². The minimum Gasteiger partial charge on any atom is -0.477 e. The molecular formula is C20H23N6O10PS3. The second-order valence-electron chi connectivity index (χ2n) is 8.43. The lowest BCUT2D eigenvalue weighted by Gasteiger charge is -2.50. The van der Waals surface area contributed by atoms with E-state index in [1.807, 2.05) is 0 Å². The molecule has 0 spiro atoms. The molecule has 16 nitrogen and oxygen atoms in total. The highest BCUT2D eigenvalue weighted by Crippen LogP contribution is 2.50. The summed E-state index contributed by atoms with van der Waals surface area (Å²) in [5, 5.41) is 21.7. The molecule has 3 unspecified atom stereocenters. The van der Waals surface area contributed by atoms with Gasteiger partial charge < -0.3 is 19.8 Å². The first kappa shape index (κ1) is 30.2. The van der Waals surface area contributed by atoms with Crippen LogP contribution in [0.4, 0.5) is 0 Å². The number of rotatable bonds is 12.